The Kier molecular flexibility index (Phi) is 7.81. The van der Waals surface area contributed by atoms with Crippen LogP contribution in [0.2, 0.25) is 0 Å². The summed E-state index contributed by atoms with van der Waals surface area (Å²) in [7, 11) is 1.26. The summed E-state index contributed by atoms with van der Waals surface area (Å²) in [5.74, 6) is -1.55. The molecule has 0 radical (unpaired) electrons. The first-order valence-electron chi connectivity index (χ1n) is 10.2. The van der Waals surface area contributed by atoms with Crippen molar-refractivity contribution >= 4 is 28.7 Å². The minimum Gasteiger partial charge on any atom is -0.467 e. The van der Waals surface area contributed by atoms with E-state index in [4.69, 9.17) is 9.47 Å². The Morgan fingerprint density at radius 3 is 2.55 bits per heavy atom. The van der Waals surface area contributed by atoms with Gasteiger partial charge >= 0.3 is 11.9 Å². The van der Waals surface area contributed by atoms with E-state index in [1.807, 2.05) is 60.8 Å². The molecule has 3 aromatic rings. The molecule has 0 aliphatic rings. The third kappa shape index (κ3) is 6.44. The number of para-hydroxylation sites is 1. The van der Waals surface area contributed by atoms with Gasteiger partial charge in [0.1, 0.15) is 6.04 Å². The minimum atomic E-state index is -0.847. The Morgan fingerprint density at radius 1 is 1.03 bits per heavy atom. The van der Waals surface area contributed by atoms with Crippen molar-refractivity contribution < 1.29 is 23.9 Å². The van der Waals surface area contributed by atoms with Crippen molar-refractivity contribution in [1.82, 2.24) is 10.3 Å². The van der Waals surface area contributed by atoms with Gasteiger partial charge in [-0.1, -0.05) is 48.5 Å². The molecule has 3 rings (SSSR count). The van der Waals surface area contributed by atoms with E-state index < -0.39 is 30.5 Å². The monoisotopic (exact) mass is 422 g/mol. The number of fused-ring (bicyclic) bond motifs is 1. The standard InChI is InChI=1S/C24H26N2O5/c1-30-24(29)21(14-17-8-3-2-4-9-17)26-22(27)16-31-23(28)13-7-10-18-15-25-20-12-6-5-11-19(18)20/h2-6,8-9,11-12,15,21,25H,7,10,13-14,16H2,1H3,(H,26,27)/t21-/m0/s1. The number of nitrogens with one attached hydrogen (secondary N) is 2. The third-order valence-electron chi connectivity index (χ3n) is 4.97. The van der Waals surface area contributed by atoms with Gasteiger partial charge in [-0.25, -0.2) is 4.79 Å². The average molecular weight is 422 g/mol. The van der Waals surface area contributed by atoms with Gasteiger partial charge in [-0.3, -0.25) is 9.59 Å². The van der Waals surface area contributed by atoms with Crippen molar-refractivity contribution in [2.75, 3.05) is 13.7 Å². The first kappa shape index (κ1) is 22.1. The number of benzene rings is 2. The highest BCUT2D eigenvalue weighted by atomic mass is 16.5. The van der Waals surface area contributed by atoms with Crippen LogP contribution in [-0.4, -0.2) is 42.6 Å². The van der Waals surface area contributed by atoms with E-state index in [-0.39, 0.29) is 12.8 Å². The molecule has 0 unspecified atom stereocenters. The first-order chi connectivity index (χ1) is 15.1. The molecule has 0 bridgehead atoms. The molecule has 1 aromatic heterocycles. The number of H-pyrrole nitrogens is 1. The molecule has 0 saturated carbocycles. The van der Waals surface area contributed by atoms with Gasteiger partial charge in [0.15, 0.2) is 6.61 Å². The molecule has 0 saturated heterocycles. The van der Waals surface area contributed by atoms with E-state index in [1.54, 1.807) is 0 Å². The number of amides is 1. The van der Waals surface area contributed by atoms with Crippen LogP contribution in [0.3, 0.4) is 0 Å². The maximum atomic E-state index is 12.2. The molecule has 0 aliphatic heterocycles. The molecule has 7 nitrogen and oxygen atoms in total. The summed E-state index contributed by atoms with van der Waals surface area (Å²) in [6.45, 7) is -0.436. The van der Waals surface area contributed by atoms with Gasteiger partial charge in [-0.2, -0.15) is 0 Å². The molecule has 7 heteroatoms. The molecule has 1 heterocycles. The summed E-state index contributed by atoms with van der Waals surface area (Å²) in [5.41, 5.74) is 3.09. The lowest BCUT2D eigenvalue weighted by Gasteiger charge is -2.16. The predicted molar refractivity (Wildman–Crippen MR) is 116 cm³/mol. The molecule has 0 aliphatic carbocycles. The van der Waals surface area contributed by atoms with Crippen LogP contribution < -0.4 is 5.32 Å². The molecule has 1 amide bonds. The van der Waals surface area contributed by atoms with Gasteiger partial charge in [-0.05, 0) is 30.0 Å². The first-order valence-corrected chi connectivity index (χ1v) is 10.2. The summed E-state index contributed by atoms with van der Waals surface area (Å²) in [5, 5.41) is 3.72. The quantitative estimate of drug-likeness (QED) is 0.490. The van der Waals surface area contributed by atoms with Crippen molar-refractivity contribution in [3.05, 3.63) is 71.9 Å². The smallest absolute Gasteiger partial charge is 0.328 e. The molecular formula is C24H26N2O5. The van der Waals surface area contributed by atoms with E-state index >= 15 is 0 Å². The van der Waals surface area contributed by atoms with E-state index in [0.717, 1.165) is 28.5 Å². The number of esters is 2. The van der Waals surface area contributed by atoms with E-state index in [2.05, 4.69) is 10.3 Å². The Labute approximate surface area is 180 Å². The summed E-state index contributed by atoms with van der Waals surface area (Å²) in [4.78, 5) is 39.4. The maximum absolute atomic E-state index is 12.2. The Bertz CT molecular complexity index is 1030. The number of aromatic amines is 1. The number of ether oxygens (including phenoxy) is 2. The second kappa shape index (κ2) is 11.0. The lowest BCUT2D eigenvalue weighted by Crippen LogP contribution is -2.44. The van der Waals surface area contributed by atoms with E-state index in [1.165, 1.54) is 7.11 Å². The van der Waals surface area contributed by atoms with Crippen LogP contribution in [0.25, 0.3) is 10.9 Å². The number of hydrogen-bond acceptors (Lipinski definition) is 5. The highest BCUT2D eigenvalue weighted by Gasteiger charge is 2.22. The van der Waals surface area contributed by atoms with Crippen LogP contribution in [0, 0.1) is 0 Å². The van der Waals surface area contributed by atoms with Crippen molar-refractivity contribution in [3.63, 3.8) is 0 Å². The number of aryl methyl sites for hydroxylation is 1. The molecule has 2 aromatic carbocycles. The number of carbonyl (C=O) groups excluding carboxylic acids is 3. The zero-order valence-electron chi connectivity index (χ0n) is 17.4. The van der Waals surface area contributed by atoms with Crippen LogP contribution in [0.15, 0.2) is 60.8 Å². The highest BCUT2D eigenvalue weighted by Crippen LogP contribution is 2.19. The largest absolute Gasteiger partial charge is 0.467 e. The van der Waals surface area contributed by atoms with E-state index in [9.17, 15) is 14.4 Å². The fourth-order valence-corrected chi connectivity index (χ4v) is 3.40. The van der Waals surface area contributed by atoms with Crippen LogP contribution >= 0.6 is 0 Å². The summed E-state index contributed by atoms with van der Waals surface area (Å²) in [6, 6.07) is 16.4. The zero-order chi connectivity index (χ0) is 22.1. The molecule has 2 N–H and O–H groups in total. The van der Waals surface area contributed by atoms with Gasteiger partial charge in [0.25, 0.3) is 5.91 Å². The lowest BCUT2D eigenvalue weighted by molar-refractivity contribution is -0.150. The lowest BCUT2D eigenvalue weighted by atomic mass is 10.1. The average Bonchev–Trinajstić information content (AvgIpc) is 3.20. The summed E-state index contributed by atoms with van der Waals surface area (Å²) >= 11 is 0. The molecule has 0 spiro atoms. The van der Waals surface area contributed by atoms with Crippen LogP contribution in [0.1, 0.15) is 24.0 Å². The van der Waals surface area contributed by atoms with Gasteiger partial charge in [0.2, 0.25) is 0 Å². The van der Waals surface area contributed by atoms with Crippen molar-refractivity contribution in [2.45, 2.75) is 31.7 Å². The number of hydrogen-bond donors (Lipinski definition) is 2. The molecule has 162 valence electrons. The SMILES string of the molecule is COC(=O)[C@H](Cc1ccccc1)NC(=O)COC(=O)CCCc1c[nH]c2ccccc12. The van der Waals surface area contributed by atoms with Gasteiger partial charge in [-0.15, -0.1) is 0 Å². The molecule has 0 fully saturated rings. The maximum Gasteiger partial charge on any atom is 0.328 e. The number of methoxy groups -OCH3 is 1. The minimum absolute atomic E-state index is 0.206. The van der Waals surface area contributed by atoms with E-state index in [0.29, 0.717) is 6.42 Å². The summed E-state index contributed by atoms with van der Waals surface area (Å²) in [6.07, 6.45) is 3.78. The van der Waals surface area contributed by atoms with Gasteiger partial charge in [0.05, 0.1) is 7.11 Å². The number of aromatic nitrogens is 1. The van der Waals surface area contributed by atoms with Crippen molar-refractivity contribution in [2.24, 2.45) is 0 Å². The van der Waals surface area contributed by atoms with Crippen molar-refractivity contribution in [3.8, 4) is 0 Å². The normalized spacial score (nSPS) is 11.6. The van der Waals surface area contributed by atoms with Gasteiger partial charge < -0.3 is 19.8 Å². The Morgan fingerprint density at radius 2 is 1.77 bits per heavy atom. The second-order valence-corrected chi connectivity index (χ2v) is 7.21. The van der Waals surface area contributed by atoms with Crippen LogP contribution in [-0.2, 0) is 36.7 Å². The number of rotatable bonds is 10. The van der Waals surface area contributed by atoms with Crippen LogP contribution in [0.5, 0.6) is 0 Å². The molecule has 31 heavy (non-hydrogen) atoms. The Balaban J connectivity index is 1.42. The van der Waals surface area contributed by atoms with Crippen LogP contribution in [0.4, 0.5) is 0 Å². The molecule has 1 atom stereocenters. The highest BCUT2D eigenvalue weighted by molar-refractivity contribution is 5.86. The topological polar surface area (TPSA) is 97.5 Å². The fraction of sp³-hybridized carbons (Fsp3) is 0.292. The third-order valence-corrected chi connectivity index (χ3v) is 4.97. The Hall–Kier alpha value is -3.61. The number of carbonyl (C=O) groups is 3. The zero-order valence-corrected chi connectivity index (χ0v) is 17.4. The van der Waals surface area contributed by atoms with Gasteiger partial charge in [0, 0.05) is 29.9 Å². The summed E-state index contributed by atoms with van der Waals surface area (Å²) < 4.78 is 9.83. The predicted octanol–water partition coefficient (Wildman–Crippen LogP) is 2.93. The fourth-order valence-electron chi connectivity index (χ4n) is 3.40. The molecular weight excluding hydrogens is 396 g/mol. The second-order valence-electron chi connectivity index (χ2n) is 7.21. The van der Waals surface area contributed by atoms with Crippen molar-refractivity contribution in [1.29, 1.82) is 0 Å².